The number of rotatable bonds is 4. The van der Waals surface area contributed by atoms with Crippen molar-refractivity contribution in [1.82, 2.24) is 9.13 Å². The van der Waals surface area contributed by atoms with Crippen molar-refractivity contribution in [2.75, 3.05) is 5.73 Å². The van der Waals surface area contributed by atoms with E-state index in [-0.39, 0.29) is 23.7 Å². The molecule has 2 rings (SSSR count). The monoisotopic (exact) mass is 275 g/mol. The molecule has 0 aliphatic heterocycles. The van der Waals surface area contributed by atoms with Crippen LogP contribution in [0.1, 0.15) is 18.9 Å². The largest absolute Gasteiger partial charge is 0.508 e. The summed E-state index contributed by atoms with van der Waals surface area (Å²) in [6.07, 6.45) is 2.16. The number of nitrogens with zero attached hydrogens (tertiary/aromatic N) is 2. The van der Waals surface area contributed by atoms with Gasteiger partial charge in [0.2, 0.25) is 0 Å². The molecule has 1 heterocycles. The first-order valence-corrected chi connectivity index (χ1v) is 6.40. The van der Waals surface area contributed by atoms with Crippen molar-refractivity contribution in [2.45, 2.75) is 26.4 Å². The fraction of sp³-hybridized carbons (Fsp3) is 0.286. The lowest BCUT2D eigenvalue weighted by Crippen LogP contribution is -2.40. The van der Waals surface area contributed by atoms with E-state index in [0.717, 1.165) is 16.6 Å². The van der Waals surface area contributed by atoms with Crippen LogP contribution in [-0.2, 0) is 13.1 Å². The molecule has 0 atom stereocenters. The summed E-state index contributed by atoms with van der Waals surface area (Å²) in [5.74, 6) is 0.136. The zero-order valence-corrected chi connectivity index (χ0v) is 11.2. The molecule has 0 spiro atoms. The molecule has 1 aromatic heterocycles. The highest BCUT2D eigenvalue weighted by Gasteiger charge is 2.09. The van der Waals surface area contributed by atoms with E-state index in [1.54, 1.807) is 12.1 Å². The van der Waals surface area contributed by atoms with Gasteiger partial charge in [0.25, 0.3) is 5.56 Å². The Kier molecular flexibility index (Phi) is 3.93. The molecule has 0 bridgehead atoms. The van der Waals surface area contributed by atoms with E-state index >= 15 is 0 Å². The van der Waals surface area contributed by atoms with Gasteiger partial charge >= 0.3 is 5.69 Å². The summed E-state index contributed by atoms with van der Waals surface area (Å²) in [5.41, 5.74) is 5.60. The van der Waals surface area contributed by atoms with Crippen LogP contribution in [0, 0.1) is 0 Å². The third kappa shape index (κ3) is 2.74. The van der Waals surface area contributed by atoms with Crippen molar-refractivity contribution >= 4 is 5.69 Å². The quantitative estimate of drug-likeness (QED) is 0.861. The lowest BCUT2D eigenvalue weighted by Gasteiger charge is -2.11. The summed E-state index contributed by atoms with van der Waals surface area (Å²) in [7, 11) is 0. The summed E-state index contributed by atoms with van der Waals surface area (Å²) in [6.45, 7) is 2.59. The number of benzene rings is 1. The van der Waals surface area contributed by atoms with Crippen LogP contribution in [0.25, 0.3) is 0 Å². The summed E-state index contributed by atoms with van der Waals surface area (Å²) < 4.78 is 2.55. The second-order valence-corrected chi connectivity index (χ2v) is 4.62. The molecular formula is C14H17N3O3. The van der Waals surface area contributed by atoms with E-state index in [0.29, 0.717) is 6.54 Å². The van der Waals surface area contributed by atoms with Crippen molar-refractivity contribution in [1.29, 1.82) is 0 Å². The molecule has 0 radical (unpaired) electrons. The zero-order chi connectivity index (χ0) is 14.7. The molecule has 106 valence electrons. The maximum Gasteiger partial charge on any atom is 0.331 e. The first kappa shape index (κ1) is 13.9. The molecular weight excluding hydrogens is 258 g/mol. The maximum absolute atomic E-state index is 12.2. The Morgan fingerprint density at radius 2 is 1.85 bits per heavy atom. The van der Waals surface area contributed by atoms with E-state index in [1.165, 1.54) is 22.9 Å². The minimum absolute atomic E-state index is 0.0526. The number of aryl methyl sites for hydroxylation is 1. The first-order valence-electron chi connectivity index (χ1n) is 6.40. The number of anilines is 1. The fourth-order valence-electron chi connectivity index (χ4n) is 2.00. The number of aromatic nitrogens is 2. The average molecular weight is 275 g/mol. The number of phenols is 1. The number of hydrogen-bond donors (Lipinski definition) is 2. The van der Waals surface area contributed by atoms with E-state index in [1.807, 2.05) is 6.92 Å². The Balaban J connectivity index is 2.47. The van der Waals surface area contributed by atoms with Crippen LogP contribution < -0.4 is 17.0 Å². The van der Waals surface area contributed by atoms with Crippen molar-refractivity contribution in [3.63, 3.8) is 0 Å². The van der Waals surface area contributed by atoms with Crippen molar-refractivity contribution < 1.29 is 5.11 Å². The van der Waals surface area contributed by atoms with Crippen LogP contribution in [0.2, 0.25) is 0 Å². The lowest BCUT2D eigenvalue weighted by molar-refractivity contribution is 0.475. The molecule has 0 aliphatic rings. The van der Waals surface area contributed by atoms with Gasteiger partial charge < -0.3 is 10.8 Å². The number of nitrogen functional groups attached to an aromatic ring is 1. The van der Waals surface area contributed by atoms with Crippen LogP contribution >= 0.6 is 0 Å². The normalized spacial score (nSPS) is 10.7. The van der Waals surface area contributed by atoms with Gasteiger partial charge in [-0.05, 0) is 24.1 Å². The molecule has 20 heavy (non-hydrogen) atoms. The number of nitrogens with two attached hydrogens (primary N) is 1. The second kappa shape index (κ2) is 5.64. The molecule has 6 nitrogen and oxygen atoms in total. The van der Waals surface area contributed by atoms with Gasteiger partial charge in [-0.1, -0.05) is 19.1 Å². The standard InChI is InChI=1S/C14H17N3O3/c1-2-7-16-9-12(15)13(19)17(14(16)20)8-10-3-5-11(18)6-4-10/h3-6,9,18H,2,7-8,15H2,1H3. The van der Waals surface area contributed by atoms with E-state index < -0.39 is 5.56 Å². The number of hydrogen-bond acceptors (Lipinski definition) is 4. The molecule has 2 aromatic rings. The molecule has 0 unspecified atom stereocenters. The van der Waals surface area contributed by atoms with Crippen molar-refractivity contribution in [2.24, 2.45) is 0 Å². The van der Waals surface area contributed by atoms with E-state index in [9.17, 15) is 14.7 Å². The molecule has 6 heteroatoms. The number of aromatic hydroxyl groups is 1. The molecule has 1 aromatic carbocycles. The molecule has 3 N–H and O–H groups in total. The van der Waals surface area contributed by atoms with Gasteiger partial charge in [-0.25, -0.2) is 4.79 Å². The summed E-state index contributed by atoms with van der Waals surface area (Å²) >= 11 is 0. The Hall–Kier alpha value is -2.50. The zero-order valence-electron chi connectivity index (χ0n) is 11.2. The van der Waals surface area contributed by atoms with Gasteiger partial charge in [-0.15, -0.1) is 0 Å². The molecule has 0 fully saturated rings. The van der Waals surface area contributed by atoms with Gasteiger partial charge in [-0.3, -0.25) is 13.9 Å². The molecule has 0 saturated heterocycles. The minimum atomic E-state index is -0.490. The highest BCUT2D eigenvalue weighted by Crippen LogP contribution is 2.09. The van der Waals surface area contributed by atoms with Crippen molar-refractivity contribution in [3.05, 3.63) is 56.9 Å². The first-order chi connectivity index (χ1) is 9.52. The Morgan fingerprint density at radius 3 is 2.45 bits per heavy atom. The Bertz CT molecular complexity index is 714. The van der Waals surface area contributed by atoms with Gasteiger partial charge in [0.15, 0.2) is 0 Å². The maximum atomic E-state index is 12.2. The van der Waals surface area contributed by atoms with Crippen LogP contribution in [0.3, 0.4) is 0 Å². The molecule has 0 aliphatic carbocycles. The third-order valence-corrected chi connectivity index (χ3v) is 3.01. The van der Waals surface area contributed by atoms with Gasteiger partial charge in [-0.2, -0.15) is 0 Å². The van der Waals surface area contributed by atoms with Crippen LogP contribution in [0.15, 0.2) is 40.1 Å². The predicted molar refractivity (Wildman–Crippen MR) is 76.9 cm³/mol. The van der Waals surface area contributed by atoms with Crippen LogP contribution in [0.5, 0.6) is 5.75 Å². The molecule has 0 saturated carbocycles. The second-order valence-electron chi connectivity index (χ2n) is 4.62. The van der Waals surface area contributed by atoms with E-state index in [2.05, 4.69) is 0 Å². The smallest absolute Gasteiger partial charge is 0.331 e. The third-order valence-electron chi connectivity index (χ3n) is 3.01. The molecule has 0 amide bonds. The average Bonchev–Trinajstić information content (AvgIpc) is 2.43. The highest BCUT2D eigenvalue weighted by atomic mass is 16.3. The predicted octanol–water partition coefficient (Wildman–Crippen LogP) is 0.756. The summed E-state index contributed by atoms with van der Waals surface area (Å²) in [5, 5.41) is 9.24. The van der Waals surface area contributed by atoms with Gasteiger partial charge in [0.1, 0.15) is 11.4 Å². The van der Waals surface area contributed by atoms with Gasteiger partial charge in [0.05, 0.1) is 6.54 Å². The summed E-state index contributed by atoms with van der Waals surface area (Å²) in [4.78, 5) is 24.2. The lowest BCUT2D eigenvalue weighted by atomic mass is 10.2. The topological polar surface area (TPSA) is 90.2 Å². The number of phenolic OH excluding ortho intramolecular Hbond substituents is 1. The SMILES string of the molecule is CCCn1cc(N)c(=O)n(Cc2ccc(O)cc2)c1=O. The Morgan fingerprint density at radius 1 is 1.20 bits per heavy atom. The van der Waals surface area contributed by atoms with Gasteiger partial charge in [0, 0.05) is 12.7 Å². The van der Waals surface area contributed by atoms with Crippen LogP contribution in [0.4, 0.5) is 5.69 Å². The van der Waals surface area contributed by atoms with Crippen molar-refractivity contribution in [3.8, 4) is 5.75 Å². The fourth-order valence-corrected chi connectivity index (χ4v) is 2.00. The summed E-state index contributed by atoms with van der Waals surface area (Å²) in [6, 6.07) is 6.34. The van der Waals surface area contributed by atoms with E-state index in [4.69, 9.17) is 5.73 Å². The van der Waals surface area contributed by atoms with Crippen LogP contribution in [-0.4, -0.2) is 14.2 Å². The highest BCUT2D eigenvalue weighted by molar-refractivity contribution is 5.32. The Labute approximate surface area is 115 Å². The minimum Gasteiger partial charge on any atom is -0.508 e.